The van der Waals surface area contributed by atoms with Crippen LogP contribution in [0.4, 0.5) is 5.69 Å². The van der Waals surface area contributed by atoms with E-state index in [4.69, 9.17) is 0 Å². The summed E-state index contributed by atoms with van der Waals surface area (Å²) >= 11 is 0. The Bertz CT molecular complexity index is 523. The van der Waals surface area contributed by atoms with Gasteiger partial charge in [-0.15, -0.1) is 0 Å². The fourth-order valence-electron chi connectivity index (χ4n) is 3.30. The van der Waals surface area contributed by atoms with Gasteiger partial charge in [-0.3, -0.25) is 14.6 Å². The summed E-state index contributed by atoms with van der Waals surface area (Å²) in [4.78, 5) is 16.8. The number of rotatable bonds is 7. The minimum atomic E-state index is 0.0546. The fraction of sp³-hybridized carbons (Fsp3) is 0.650. The molecule has 1 aliphatic carbocycles. The molecule has 0 radical (unpaired) electrons. The number of nitrogens with one attached hydrogen (secondary N) is 1. The molecule has 134 valence electrons. The lowest BCUT2D eigenvalue weighted by molar-refractivity contribution is -0.117. The highest BCUT2D eigenvalue weighted by Crippen LogP contribution is 2.24. The molecule has 1 aromatic carbocycles. The second-order valence-electron chi connectivity index (χ2n) is 7.42. The first-order valence-corrected chi connectivity index (χ1v) is 9.25. The Kier molecular flexibility index (Phi) is 7.25. The molecule has 0 saturated heterocycles. The largest absolute Gasteiger partial charge is 0.325 e. The highest BCUT2D eigenvalue weighted by atomic mass is 16.2. The van der Waals surface area contributed by atoms with Crippen molar-refractivity contribution in [3.05, 3.63) is 29.8 Å². The highest BCUT2D eigenvalue weighted by Gasteiger charge is 2.19. The molecule has 0 unspecified atom stereocenters. The van der Waals surface area contributed by atoms with E-state index >= 15 is 0 Å². The maximum atomic E-state index is 12.3. The van der Waals surface area contributed by atoms with E-state index < -0.39 is 0 Å². The van der Waals surface area contributed by atoms with Crippen molar-refractivity contribution in [2.24, 2.45) is 0 Å². The summed E-state index contributed by atoms with van der Waals surface area (Å²) in [6.07, 6.45) is 6.65. The van der Waals surface area contributed by atoms with Crippen LogP contribution >= 0.6 is 0 Å². The third-order valence-electron chi connectivity index (χ3n) is 5.18. The molecule has 1 aromatic rings. The number of likely N-dealkylation sites (N-methyl/N-ethyl adjacent to an activating group) is 1. The predicted molar refractivity (Wildman–Crippen MR) is 101 cm³/mol. The van der Waals surface area contributed by atoms with Crippen LogP contribution < -0.4 is 5.32 Å². The Morgan fingerprint density at radius 3 is 2.50 bits per heavy atom. The van der Waals surface area contributed by atoms with Crippen LogP contribution in [0, 0.1) is 0 Å². The molecule has 0 bridgehead atoms. The van der Waals surface area contributed by atoms with Gasteiger partial charge in [0, 0.05) is 24.3 Å². The van der Waals surface area contributed by atoms with E-state index in [1.807, 2.05) is 24.1 Å². The van der Waals surface area contributed by atoms with Crippen LogP contribution in [0.1, 0.15) is 51.5 Å². The van der Waals surface area contributed by atoms with E-state index in [0.29, 0.717) is 18.6 Å². The Morgan fingerprint density at radius 2 is 1.83 bits per heavy atom. The van der Waals surface area contributed by atoms with Gasteiger partial charge in [0.2, 0.25) is 5.91 Å². The molecule has 0 spiro atoms. The first-order chi connectivity index (χ1) is 11.5. The smallest absolute Gasteiger partial charge is 0.238 e. The molecule has 1 aliphatic rings. The molecule has 1 amide bonds. The van der Waals surface area contributed by atoms with E-state index in [1.165, 1.54) is 37.7 Å². The summed E-state index contributed by atoms with van der Waals surface area (Å²) in [5, 5.41) is 3.10. The van der Waals surface area contributed by atoms with Crippen LogP contribution in [-0.4, -0.2) is 48.4 Å². The molecular weight excluding hydrogens is 298 g/mol. The molecule has 0 aliphatic heterocycles. The Labute approximate surface area is 147 Å². The minimum absolute atomic E-state index is 0.0546. The van der Waals surface area contributed by atoms with Gasteiger partial charge in [0.15, 0.2) is 0 Å². The standard InChI is InChI=1S/C20H33N3O/c1-16(2)22(3)15-20(24)21-19-13-9-8-10-17(19)14-23(4)18-11-6-5-7-12-18/h8-10,13,16,18H,5-7,11-12,14-15H2,1-4H3,(H,21,24). The summed E-state index contributed by atoms with van der Waals surface area (Å²) in [5.74, 6) is 0.0546. The molecule has 1 fully saturated rings. The van der Waals surface area contributed by atoms with Gasteiger partial charge >= 0.3 is 0 Å². The number of carbonyl (C=O) groups is 1. The second-order valence-corrected chi connectivity index (χ2v) is 7.42. The molecule has 24 heavy (non-hydrogen) atoms. The summed E-state index contributed by atoms with van der Waals surface area (Å²) in [7, 11) is 4.19. The molecule has 0 heterocycles. The molecule has 2 rings (SSSR count). The highest BCUT2D eigenvalue weighted by molar-refractivity contribution is 5.93. The zero-order valence-electron chi connectivity index (χ0n) is 15.7. The van der Waals surface area contributed by atoms with E-state index in [1.54, 1.807) is 0 Å². The van der Waals surface area contributed by atoms with E-state index in [0.717, 1.165) is 12.2 Å². The Hall–Kier alpha value is -1.39. The van der Waals surface area contributed by atoms with Crippen molar-refractivity contribution in [1.82, 2.24) is 9.80 Å². The number of hydrogen-bond acceptors (Lipinski definition) is 3. The van der Waals surface area contributed by atoms with Crippen LogP contribution in [0.5, 0.6) is 0 Å². The normalized spacial score (nSPS) is 16.1. The molecule has 0 aromatic heterocycles. The van der Waals surface area contributed by atoms with Gasteiger partial charge in [-0.1, -0.05) is 37.5 Å². The number of nitrogens with zero attached hydrogens (tertiary/aromatic N) is 2. The van der Waals surface area contributed by atoms with Gasteiger partial charge < -0.3 is 5.32 Å². The predicted octanol–water partition coefficient (Wildman–Crippen LogP) is 3.73. The van der Waals surface area contributed by atoms with E-state index in [2.05, 4.69) is 43.2 Å². The number of hydrogen-bond donors (Lipinski definition) is 1. The van der Waals surface area contributed by atoms with Crippen LogP contribution in [0.25, 0.3) is 0 Å². The molecule has 4 nitrogen and oxygen atoms in total. The van der Waals surface area contributed by atoms with Crippen molar-refractivity contribution in [3.8, 4) is 0 Å². The molecule has 0 atom stereocenters. The van der Waals surface area contributed by atoms with Crippen LogP contribution in [-0.2, 0) is 11.3 Å². The van der Waals surface area contributed by atoms with Gasteiger partial charge in [-0.05, 0) is 52.4 Å². The molecule has 1 N–H and O–H groups in total. The van der Waals surface area contributed by atoms with Gasteiger partial charge in [-0.2, -0.15) is 0 Å². The monoisotopic (exact) mass is 331 g/mol. The Balaban J connectivity index is 1.97. The maximum Gasteiger partial charge on any atom is 0.238 e. The van der Waals surface area contributed by atoms with Crippen molar-refractivity contribution in [2.75, 3.05) is 26.0 Å². The third-order valence-corrected chi connectivity index (χ3v) is 5.18. The second kappa shape index (κ2) is 9.19. The maximum absolute atomic E-state index is 12.3. The summed E-state index contributed by atoms with van der Waals surface area (Å²) in [6.45, 7) is 5.51. The fourth-order valence-corrected chi connectivity index (χ4v) is 3.30. The summed E-state index contributed by atoms with van der Waals surface area (Å²) < 4.78 is 0. The summed E-state index contributed by atoms with van der Waals surface area (Å²) in [5.41, 5.74) is 2.15. The zero-order valence-corrected chi connectivity index (χ0v) is 15.7. The van der Waals surface area contributed by atoms with E-state index in [-0.39, 0.29) is 5.91 Å². The average molecular weight is 332 g/mol. The summed E-state index contributed by atoms with van der Waals surface area (Å²) in [6, 6.07) is 9.22. The third kappa shape index (κ3) is 5.60. The number of amides is 1. The van der Waals surface area contributed by atoms with E-state index in [9.17, 15) is 4.79 Å². The number of para-hydroxylation sites is 1. The van der Waals surface area contributed by atoms with Crippen LogP contribution in [0.2, 0.25) is 0 Å². The van der Waals surface area contributed by atoms with Crippen molar-refractivity contribution < 1.29 is 4.79 Å². The SMILES string of the molecule is CC(C)N(C)CC(=O)Nc1ccccc1CN(C)C1CCCCC1. The minimum Gasteiger partial charge on any atom is -0.325 e. The molecular formula is C20H33N3O. The van der Waals surface area contributed by atoms with Crippen LogP contribution in [0.15, 0.2) is 24.3 Å². The first-order valence-electron chi connectivity index (χ1n) is 9.25. The van der Waals surface area contributed by atoms with Crippen molar-refractivity contribution >= 4 is 11.6 Å². The average Bonchev–Trinajstić information content (AvgIpc) is 2.57. The lowest BCUT2D eigenvalue weighted by atomic mass is 9.94. The number of benzene rings is 1. The topological polar surface area (TPSA) is 35.6 Å². The first kappa shape index (κ1) is 18.9. The van der Waals surface area contributed by atoms with Gasteiger partial charge in [0.1, 0.15) is 0 Å². The van der Waals surface area contributed by atoms with Crippen molar-refractivity contribution in [3.63, 3.8) is 0 Å². The molecule has 1 saturated carbocycles. The number of anilines is 1. The molecule has 4 heteroatoms. The zero-order chi connectivity index (χ0) is 17.5. The van der Waals surface area contributed by atoms with Gasteiger partial charge in [0.25, 0.3) is 0 Å². The van der Waals surface area contributed by atoms with Crippen molar-refractivity contribution in [1.29, 1.82) is 0 Å². The Morgan fingerprint density at radius 1 is 1.17 bits per heavy atom. The van der Waals surface area contributed by atoms with Crippen LogP contribution in [0.3, 0.4) is 0 Å². The quantitative estimate of drug-likeness (QED) is 0.827. The van der Waals surface area contributed by atoms with Gasteiger partial charge in [-0.25, -0.2) is 0 Å². The lowest BCUT2D eigenvalue weighted by Crippen LogP contribution is -2.35. The van der Waals surface area contributed by atoms with Crippen molar-refractivity contribution in [2.45, 2.75) is 64.6 Å². The van der Waals surface area contributed by atoms with Gasteiger partial charge in [0.05, 0.1) is 6.54 Å². The lowest BCUT2D eigenvalue weighted by Gasteiger charge is -2.31. The number of carbonyl (C=O) groups excluding carboxylic acids is 1.